The smallest absolute Gasteiger partial charge is 0.271 e. The highest BCUT2D eigenvalue weighted by atomic mass is 79.9. The van der Waals surface area contributed by atoms with E-state index < -0.39 is 0 Å². The number of hydrogen-bond acceptors (Lipinski definition) is 4. The van der Waals surface area contributed by atoms with E-state index in [-0.39, 0.29) is 5.91 Å². The summed E-state index contributed by atoms with van der Waals surface area (Å²) in [6.45, 7) is 8.50. The number of hydrogen-bond donors (Lipinski definition) is 1. The fraction of sp³-hybridized carbons (Fsp3) is 0.533. The van der Waals surface area contributed by atoms with Gasteiger partial charge in [0, 0.05) is 18.9 Å². The molecule has 2 heterocycles. The van der Waals surface area contributed by atoms with Crippen LogP contribution in [0, 0.1) is 0 Å². The van der Waals surface area contributed by atoms with E-state index in [4.69, 9.17) is 0 Å². The molecule has 1 N–H and O–H groups in total. The van der Waals surface area contributed by atoms with E-state index in [1.54, 1.807) is 27.8 Å². The van der Waals surface area contributed by atoms with Gasteiger partial charge in [0.2, 0.25) is 0 Å². The molecule has 0 bridgehead atoms. The van der Waals surface area contributed by atoms with Crippen LogP contribution in [0.5, 0.6) is 0 Å². The van der Waals surface area contributed by atoms with Gasteiger partial charge in [-0.3, -0.25) is 9.48 Å². The lowest BCUT2D eigenvalue weighted by molar-refractivity contribution is 0.0946. The number of aromatic nitrogens is 4. The van der Waals surface area contributed by atoms with Crippen LogP contribution in [0.4, 0.5) is 0 Å². The van der Waals surface area contributed by atoms with E-state index in [2.05, 4.69) is 50.2 Å². The van der Waals surface area contributed by atoms with Gasteiger partial charge in [0.05, 0.1) is 10.7 Å². The normalized spacial score (nSPS) is 11.1. The van der Waals surface area contributed by atoms with Crippen molar-refractivity contribution in [1.29, 1.82) is 0 Å². The second-order valence-corrected chi connectivity index (χ2v) is 6.13. The van der Waals surface area contributed by atoms with Crippen LogP contribution in [-0.4, -0.2) is 56.5 Å². The zero-order valence-corrected chi connectivity index (χ0v) is 15.2. The Balaban J connectivity index is 1.77. The molecule has 2 aromatic heterocycles. The van der Waals surface area contributed by atoms with Crippen LogP contribution in [0.1, 0.15) is 30.8 Å². The monoisotopic (exact) mass is 382 g/mol. The van der Waals surface area contributed by atoms with Crippen molar-refractivity contribution in [3.63, 3.8) is 0 Å². The lowest BCUT2D eigenvalue weighted by atomic mass is 10.3. The summed E-state index contributed by atoms with van der Waals surface area (Å²) in [4.78, 5) is 14.4. The molecule has 23 heavy (non-hydrogen) atoms. The molecule has 1 amide bonds. The molecule has 0 aliphatic heterocycles. The van der Waals surface area contributed by atoms with E-state index in [0.29, 0.717) is 18.9 Å². The maximum Gasteiger partial charge on any atom is 0.271 e. The van der Waals surface area contributed by atoms with E-state index in [9.17, 15) is 4.79 Å². The van der Waals surface area contributed by atoms with Crippen LogP contribution in [0.25, 0.3) is 0 Å². The van der Waals surface area contributed by atoms with Crippen LogP contribution in [0.2, 0.25) is 0 Å². The molecule has 7 nitrogen and oxygen atoms in total. The van der Waals surface area contributed by atoms with Gasteiger partial charge in [-0.05, 0) is 48.1 Å². The lowest BCUT2D eigenvalue weighted by Gasteiger charge is -2.17. The summed E-state index contributed by atoms with van der Waals surface area (Å²) in [7, 11) is 0. The number of carbonyl (C=O) groups is 1. The van der Waals surface area contributed by atoms with Crippen LogP contribution in [0.3, 0.4) is 0 Å². The summed E-state index contributed by atoms with van der Waals surface area (Å²) >= 11 is 3.35. The van der Waals surface area contributed by atoms with Gasteiger partial charge >= 0.3 is 0 Å². The number of nitrogens with zero attached hydrogens (tertiary/aromatic N) is 5. The van der Waals surface area contributed by atoms with Gasteiger partial charge in [0.1, 0.15) is 12.4 Å². The summed E-state index contributed by atoms with van der Waals surface area (Å²) in [6, 6.07) is 1.72. The fourth-order valence-corrected chi connectivity index (χ4v) is 2.59. The maximum atomic E-state index is 12.1. The first kappa shape index (κ1) is 17.7. The van der Waals surface area contributed by atoms with E-state index in [1.165, 1.54) is 0 Å². The average Bonchev–Trinajstić information content (AvgIpc) is 3.17. The van der Waals surface area contributed by atoms with Gasteiger partial charge in [0.25, 0.3) is 5.91 Å². The highest BCUT2D eigenvalue weighted by Crippen LogP contribution is 2.06. The van der Waals surface area contributed by atoms with Crippen molar-refractivity contribution in [2.75, 3.05) is 26.2 Å². The summed E-state index contributed by atoms with van der Waals surface area (Å²) in [6.07, 6.45) is 6.29. The molecule has 0 aromatic carbocycles. The third-order valence-corrected chi connectivity index (χ3v) is 4.01. The van der Waals surface area contributed by atoms with Crippen molar-refractivity contribution in [3.05, 3.63) is 34.8 Å². The minimum absolute atomic E-state index is 0.134. The van der Waals surface area contributed by atoms with Crippen molar-refractivity contribution in [2.24, 2.45) is 0 Å². The number of rotatable bonds is 9. The van der Waals surface area contributed by atoms with E-state index in [0.717, 1.165) is 30.5 Å². The third kappa shape index (κ3) is 5.47. The van der Waals surface area contributed by atoms with Crippen molar-refractivity contribution in [2.45, 2.75) is 26.9 Å². The van der Waals surface area contributed by atoms with Gasteiger partial charge in [-0.25, -0.2) is 4.68 Å². The van der Waals surface area contributed by atoms with Gasteiger partial charge in [-0.1, -0.05) is 13.8 Å². The molecule has 2 rings (SSSR count). The Morgan fingerprint density at radius 2 is 2.13 bits per heavy atom. The molecule has 0 aliphatic rings. The van der Waals surface area contributed by atoms with Gasteiger partial charge in [-0.2, -0.15) is 10.2 Å². The summed E-state index contributed by atoms with van der Waals surface area (Å²) in [5.41, 5.74) is 0.430. The number of nitrogens with one attached hydrogen (secondary N) is 1. The molecule has 0 saturated heterocycles. The Hall–Kier alpha value is -1.67. The van der Waals surface area contributed by atoms with Crippen LogP contribution in [-0.2, 0) is 6.67 Å². The molecule has 0 radical (unpaired) electrons. The molecular weight excluding hydrogens is 360 g/mol. The maximum absolute atomic E-state index is 12.1. The number of halogens is 1. The Bertz CT molecular complexity index is 619. The number of carbonyl (C=O) groups excluding carboxylic acids is 1. The summed E-state index contributed by atoms with van der Waals surface area (Å²) < 4.78 is 4.34. The minimum atomic E-state index is -0.134. The third-order valence-electron chi connectivity index (χ3n) is 3.60. The number of amides is 1. The van der Waals surface area contributed by atoms with Crippen molar-refractivity contribution < 1.29 is 4.79 Å². The molecule has 0 saturated carbocycles. The van der Waals surface area contributed by atoms with Crippen LogP contribution in [0.15, 0.2) is 29.1 Å². The molecule has 0 atom stereocenters. The molecule has 8 heteroatoms. The summed E-state index contributed by atoms with van der Waals surface area (Å²) in [5.74, 6) is -0.134. The SMILES string of the molecule is CCN(CC)CCCNC(=O)c1ccn(Cn2cc(Br)cn2)n1. The largest absolute Gasteiger partial charge is 0.351 e. The predicted molar refractivity (Wildman–Crippen MR) is 92.3 cm³/mol. The van der Waals surface area contributed by atoms with Gasteiger partial charge in [0.15, 0.2) is 0 Å². The Kier molecular flexibility index (Phi) is 6.79. The molecule has 0 spiro atoms. The zero-order chi connectivity index (χ0) is 16.7. The predicted octanol–water partition coefficient (Wildman–Crippen LogP) is 1.81. The van der Waals surface area contributed by atoms with Crippen molar-refractivity contribution in [1.82, 2.24) is 29.8 Å². The van der Waals surface area contributed by atoms with Crippen LogP contribution < -0.4 is 5.32 Å². The minimum Gasteiger partial charge on any atom is -0.351 e. The molecule has 0 unspecified atom stereocenters. The lowest BCUT2D eigenvalue weighted by Crippen LogP contribution is -2.30. The standard InChI is InChI=1S/C15H23BrN6O/c1-3-20(4-2)8-5-7-17-15(23)14-6-9-21(19-14)12-22-11-13(16)10-18-22/h6,9-11H,3-5,7-8,12H2,1-2H3,(H,17,23). The topological polar surface area (TPSA) is 68.0 Å². The Morgan fingerprint density at radius 1 is 1.35 bits per heavy atom. The average molecular weight is 383 g/mol. The first-order chi connectivity index (χ1) is 11.1. The molecule has 126 valence electrons. The fourth-order valence-electron chi connectivity index (χ4n) is 2.26. The van der Waals surface area contributed by atoms with E-state index in [1.807, 2.05) is 6.20 Å². The first-order valence-corrected chi connectivity index (χ1v) is 8.63. The highest BCUT2D eigenvalue weighted by Gasteiger charge is 2.09. The van der Waals surface area contributed by atoms with Gasteiger partial charge in [-0.15, -0.1) is 0 Å². The highest BCUT2D eigenvalue weighted by molar-refractivity contribution is 9.10. The van der Waals surface area contributed by atoms with Crippen molar-refractivity contribution >= 4 is 21.8 Å². The second-order valence-electron chi connectivity index (χ2n) is 5.22. The Morgan fingerprint density at radius 3 is 2.78 bits per heavy atom. The summed E-state index contributed by atoms with van der Waals surface area (Å²) in [5, 5.41) is 11.4. The van der Waals surface area contributed by atoms with Crippen LogP contribution >= 0.6 is 15.9 Å². The second kappa shape index (κ2) is 8.83. The molecule has 0 aliphatic carbocycles. The molecule has 0 fully saturated rings. The quantitative estimate of drug-likeness (QED) is 0.671. The molecular formula is C15H23BrN6O. The zero-order valence-electron chi connectivity index (χ0n) is 13.6. The van der Waals surface area contributed by atoms with Crippen molar-refractivity contribution in [3.8, 4) is 0 Å². The molecule has 2 aromatic rings. The Labute approximate surface area is 144 Å². The van der Waals surface area contributed by atoms with E-state index >= 15 is 0 Å². The van der Waals surface area contributed by atoms with Gasteiger partial charge < -0.3 is 10.2 Å². The first-order valence-electron chi connectivity index (χ1n) is 7.84.